The van der Waals surface area contributed by atoms with E-state index >= 15 is 0 Å². The number of rotatable bonds is 4. The Kier molecular flexibility index (Phi) is 5.09. The smallest absolute Gasteiger partial charge is 0.245 e. The van der Waals surface area contributed by atoms with Crippen LogP contribution < -0.4 is 5.32 Å². The Hall–Kier alpha value is -2.43. The molecule has 28 heavy (non-hydrogen) atoms. The Balaban J connectivity index is 1.54. The molecule has 1 fully saturated rings. The number of carbonyl (C=O) groups excluding carboxylic acids is 1. The number of aromatic nitrogens is 2. The normalized spacial score (nSPS) is 18.2. The lowest BCUT2D eigenvalue weighted by molar-refractivity contribution is -0.120. The lowest BCUT2D eigenvalue weighted by Crippen LogP contribution is -2.43. The number of hydrogen-bond acceptors (Lipinski definition) is 6. The van der Waals surface area contributed by atoms with Gasteiger partial charge in [-0.25, -0.2) is 12.8 Å². The van der Waals surface area contributed by atoms with Crippen molar-refractivity contribution in [3.05, 3.63) is 48.3 Å². The summed E-state index contributed by atoms with van der Waals surface area (Å²) in [7, 11) is -3.81. The average Bonchev–Trinajstić information content (AvgIpc) is 3.17. The molecular formula is C18H17FN4O3S2. The van der Waals surface area contributed by atoms with E-state index in [9.17, 15) is 17.6 Å². The first-order chi connectivity index (χ1) is 13.4. The van der Waals surface area contributed by atoms with Crippen LogP contribution in [0.2, 0.25) is 0 Å². The summed E-state index contributed by atoms with van der Waals surface area (Å²) in [4.78, 5) is 12.7. The highest BCUT2D eigenvalue weighted by molar-refractivity contribution is 7.89. The van der Waals surface area contributed by atoms with Crippen LogP contribution in [0.5, 0.6) is 0 Å². The zero-order valence-corrected chi connectivity index (χ0v) is 16.3. The van der Waals surface area contributed by atoms with Gasteiger partial charge in [0.25, 0.3) is 0 Å². The van der Waals surface area contributed by atoms with Crippen LogP contribution in [0.3, 0.4) is 0 Å². The first-order valence-electron chi connectivity index (χ1n) is 8.73. The van der Waals surface area contributed by atoms with Crippen LogP contribution in [0, 0.1) is 11.7 Å². The molecular weight excluding hydrogens is 403 g/mol. The fourth-order valence-corrected chi connectivity index (χ4v) is 5.59. The number of nitrogens with one attached hydrogen (secondary N) is 1. The number of sulfonamides is 1. The number of halogens is 1. The molecule has 1 unspecified atom stereocenters. The van der Waals surface area contributed by atoms with Crippen LogP contribution >= 0.6 is 11.7 Å². The molecule has 4 rings (SSSR count). The van der Waals surface area contributed by atoms with E-state index in [0.29, 0.717) is 36.1 Å². The van der Waals surface area contributed by atoms with E-state index in [0.717, 1.165) is 11.7 Å². The Bertz CT molecular complexity index is 1130. The first-order valence-corrected chi connectivity index (χ1v) is 10.9. The van der Waals surface area contributed by atoms with Crippen molar-refractivity contribution in [2.75, 3.05) is 18.4 Å². The van der Waals surface area contributed by atoms with Crippen molar-refractivity contribution in [3.8, 4) is 0 Å². The van der Waals surface area contributed by atoms with Crippen molar-refractivity contribution >= 4 is 44.4 Å². The number of nitrogens with zero attached hydrogens (tertiary/aromatic N) is 3. The second kappa shape index (κ2) is 7.53. The van der Waals surface area contributed by atoms with Crippen molar-refractivity contribution in [2.24, 2.45) is 5.92 Å². The van der Waals surface area contributed by atoms with Crippen molar-refractivity contribution in [1.82, 2.24) is 13.1 Å². The van der Waals surface area contributed by atoms with Gasteiger partial charge in [-0.05, 0) is 43.2 Å². The van der Waals surface area contributed by atoms with Gasteiger partial charge >= 0.3 is 0 Å². The SMILES string of the molecule is O=C(Nc1cccc(F)c1)C1CCCN(S(=O)(=O)c2cccc3nsnc23)C1. The molecule has 0 saturated carbocycles. The molecule has 1 N–H and O–H groups in total. The minimum atomic E-state index is -3.81. The maximum atomic E-state index is 13.3. The minimum Gasteiger partial charge on any atom is -0.326 e. The summed E-state index contributed by atoms with van der Waals surface area (Å²) in [5, 5.41) is 2.67. The van der Waals surface area contributed by atoms with Crippen LogP contribution in [-0.2, 0) is 14.8 Å². The third-order valence-electron chi connectivity index (χ3n) is 4.71. The molecule has 0 bridgehead atoms. The predicted molar refractivity (Wildman–Crippen MR) is 104 cm³/mol. The fraction of sp³-hybridized carbons (Fsp3) is 0.278. The summed E-state index contributed by atoms with van der Waals surface area (Å²) in [6, 6.07) is 10.5. The van der Waals surface area contributed by atoms with E-state index < -0.39 is 21.8 Å². The van der Waals surface area contributed by atoms with Gasteiger partial charge in [0.05, 0.1) is 17.6 Å². The Morgan fingerprint density at radius 3 is 2.86 bits per heavy atom. The van der Waals surface area contributed by atoms with E-state index in [2.05, 4.69) is 14.1 Å². The third kappa shape index (κ3) is 3.62. The predicted octanol–water partition coefficient (Wildman–Crippen LogP) is 2.87. The maximum absolute atomic E-state index is 13.3. The van der Waals surface area contributed by atoms with Gasteiger partial charge in [0.2, 0.25) is 15.9 Å². The number of benzene rings is 2. The summed E-state index contributed by atoms with van der Waals surface area (Å²) in [6.45, 7) is 0.400. The Morgan fingerprint density at radius 1 is 1.21 bits per heavy atom. The minimum absolute atomic E-state index is 0.0669. The summed E-state index contributed by atoms with van der Waals surface area (Å²) in [5.41, 5.74) is 1.23. The van der Waals surface area contributed by atoms with E-state index in [-0.39, 0.29) is 17.3 Å². The van der Waals surface area contributed by atoms with Gasteiger partial charge in [-0.1, -0.05) is 12.1 Å². The van der Waals surface area contributed by atoms with Gasteiger partial charge in [0, 0.05) is 18.8 Å². The zero-order chi connectivity index (χ0) is 19.7. The van der Waals surface area contributed by atoms with Crippen molar-refractivity contribution < 1.29 is 17.6 Å². The van der Waals surface area contributed by atoms with Crippen LogP contribution in [0.4, 0.5) is 10.1 Å². The van der Waals surface area contributed by atoms with Crippen molar-refractivity contribution in [1.29, 1.82) is 0 Å². The average molecular weight is 420 g/mol. The van der Waals surface area contributed by atoms with Gasteiger partial charge in [-0.15, -0.1) is 0 Å². The Labute approximate surface area is 165 Å². The fourth-order valence-electron chi connectivity index (χ4n) is 3.31. The molecule has 7 nitrogen and oxygen atoms in total. The standard InChI is InChI=1S/C18H17FN4O3S2/c19-13-5-1-6-14(10-13)20-18(24)12-4-3-9-23(11-12)28(25,26)16-8-2-7-15-17(16)22-27-21-15/h1-2,5-8,10,12H,3-4,9,11H2,(H,20,24). The summed E-state index contributed by atoms with van der Waals surface area (Å²) < 4.78 is 49.1. The van der Waals surface area contributed by atoms with Gasteiger partial charge in [-0.2, -0.15) is 13.1 Å². The maximum Gasteiger partial charge on any atom is 0.245 e. The molecule has 0 spiro atoms. The van der Waals surface area contributed by atoms with Crippen LogP contribution in [0.1, 0.15) is 12.8 Å². The second-order valence-corrected chi connectivity index (χ2v) is 9.02. The van der Waals surface area contributed by atoms with E-state index in [1.54, 1.807) is 18.2 Å². The summed E-state index contributed by atoms with van der Waals surface area (Å²) in [5.74, 6) is -1.28. The molecule has 1 saturated heterocycles. The molecule has 3 aromatic rings. The van der Waals surface area contributed by atoms with Crippen molar-refractivity contribution in [2.45, 2.75) is 17.7 Å². The Morgan fingerprint density at radius 2 is 2.04 bits per heavy atom. The zero-order valence-electron chi connectivity index (χ0n) is 14.7. The molecule has 1 atom stereocenters. The van der Waals surface area contributed by atoms with Gasteiger partial charge in [0.1, 0.15) is 21.7 Å². The number of piperidine rings is 1. The van der Waals surface area contributed by atoms with Crippen LogP contribution in [0.15, 0.2) is 47.4 Å². The monoisotopic (exact) mass is 420 g/mol. The van der Waals surface area contributed by atoms with E-state index in [1.165, 1.54) is 28.6 Å². The highest BCUT2D eigenvalue weighted by Crippen LogP contribution is 2.28. The van der Waals surface area contributed by atoms with Crippen LogP contribution in [-0.4, -0.2) is 40.5 Å². The summed E-state index contributed by atoms with van der Waals surface area (Å²) >= 11 is 0.960. The number of hydrogen-bond donors (Lipinski definition) is 1. The molecule has 146 valence electrons. The second-order valence-electron chi connectivity index (χ2n) is 6.59. The number of anilines is 1. The highest BCUT2D eigenvalue weighted by Gasteiger charge is 2.34. The molecule has 1 aromatic heterocycles. The van der Waals surface area contributed by atoms with Gasteiger partial charge in [0.15, 0.2) is 0 Å². The lowest BCUT2D eigenvalue weighted by atomic mass is 9.99. The van der Waals surface area contributed by atoms with E-state index in [4.69, 9.17) is 0 Å². The third-order valence-corrected chi connectivity index (χ3v) is 7.15. The molecule has 1 amide bonds. The van der Waals surface area contributed by atoms with E-state index in [1.807, 2.05) is 0 Å². The van der Waals surface area contributed by atoms with Crippen LogP contribution in [0.25, 0.3) is 11.0 Å². The molecule has 1 aliphatic rings. The quantitative estimate of drug-likeness (QED) is 0.701. The lowest BCUT2D eigenvalue weighted by Gasteiger charge is -2.31. The van der Waals surface area contributed by atoms with Gasteiger partial charge < -0.3 is 5.32 Å². The molecule has 2 heterocycles. The molecule has 0 aliphatic carbocycles. The molecule has 10 heteroatoms. The highest BCUT2D eigenvalue weighted by atomic mass is 32.2. The molecule has 2 aromatic carbocycles. The number of amides is 1. The number of fused-ring (bicyclic) bond motifs is 1. The molecule has 0 radical (unpaired) electrons. The topological polar surface area (TPSA) is 92.3 Å². The summed E-state index contributed by atoms with van der Waals surface area (Å²) in [6.07, 6.45) is 1.13. The first kappa shape index (κ1) is 18.9. The largest absolute Gasteiger partial charge is 0.326 e. The van der Waals surface area contributed by atoms with Crippen molar-refractivity contribution in [3.63, 3.8) is 0 Å². The van der Waals surface area contributed by atoms with Gasteiger partial charge in [-0.3, -0.25) is 4.79 Å². The molecule has 1 aliphatic heterocycles. The number of carbonyl (C=O) groups is 1.